The zero-order valence-corrected chi connectivity index (χ0v) is 15.1. The van der Waals surface area contributed by atoms with Gasteiger partial charge in [0.05, 0.1) is 11.7 Å². The van der Waals surface area contributed by atoms with Crippen molar-refractivity contribution in [2.75, 3.05) is 0 Å². The minimum absolute atomic E-state index is 0.0839. The fourth-order valence-electron chi connectivity index (χ4n) is 2.40. The van der Waals surface area contributed by atoms with Gasteiger partial charge in [-0.1, -0.05) is 45.2 Å². The van der Waals surface area contributed by atoms with Crippen molar-refractivity contribution in [2.45, 2.75) is 53.0 Å². The maximum absolute atomic E-state index is 12.7. The fourth-order valence-corrected chi connectivity index (χ4v) is 3.13. The largest absolute Gasteiger partial charge is 0.344 e. The molecule has 6 heteroatoms. The van der Waals surface area contributed by atoms with Crippen molar-refractivity contribution < 1.29 is 4.79 Å². The standard InChI is InChI=1S/C17H24N4OS/c1-11(2)14-15(23-21-20-14)16(22)19-13(9-17(3,4)5)12-7-6-8-18-10-12/h6-8,10-11,13H,9H2,1-5H3,(H,19,22)/t13-/m0/s1. The number of aromatic nitrogens is 3. The van der Waals surface area contributed by atoms with Crippen molar-refractivity contribution in [1.29, 1.82) is 0 Å². The van der Waals surface area contributed by atoms with Crippen molar-refractivity contribution in [3.8, 4) is 0 Å². The van der Waals surface area contributed by atoms with E-state index in [0.717, 1.165) is 29.2 Å². The van der Waals surface area contributed by atoms with E-state index in [0.29, 0.717) is 4.88 Å². The van der Waals surface area contributed by atoms with Crippen molar-refractivity contribution >= 4 is 17.4 Å². The number of hydrogen-bond donors (Lipinski definition) is 1. The van der Waals surface area contributed by atoms with Gasteiger partial charge in [0.25, 0.3) is 5.91 Å². The van der Waals surface area contributed by atoms with Crippen LogP contribution in [-0.2, 0) is 0 Å². The van der Waals surface area contributed by atoms with Crippen LogP contribution in [0.5, 0.6) is 0 Å². The van der Waals surface area contributed by atoms with E-state index in [1.807, 2.05) is 32.2 Å². The van der Waals surface area contributed by atoms with Crippen LogP contribution in [0.25, 0.3) is 0 Å². The molecule has 1 atom stereocenters. The van der Waals surface area contributed by atoms with Gasteiger partial charge < -0.3 is 5.32 Å². The summed E-state index contributed by atoms with van der Waals surface area (Å²) in [6, 6.07) is 3.81. The molecule has 0 aromatic carbocycles. The highest BCUT2D eigenvalue weighted by Crippen LogP contribution is 2.30. The van der Waals surface area contributed by atoms with E-state index in [1.54, 1.807) is 6.20 Å². The Balaban J connectivity index is 2.23. The van der Waals surface area contributed by atoms with Crippen LogP contribution in [0.3, 0.4) is 0 Å². The molecule has 0 saturated carbocycles. The second-order valence-corrected chi connectivity index (χ2v) is 7.97. The lowest BCUT2D eigenvalue weighted by Gasteiger charge is -2.27. The molecule has 0 bridgehead atoms. The summed E-state index contributed by atoms with van der Waals surface area (Å²) in [6.07, 6.45) is 4.38. The predicted octanol–water partition coefficient (Wildman–Crippen LogP) is 3.96. The predicted molar refractivity (Wildman–Crippen MR) is 92.5 cm³/mol. The van der Waals surface area contributed by atoms with E-state index < -0.39 is 0 Å². The van der Waals surface area contributed by atoms with Gasteiger partial charge in [-0.3, -0.25) is 9.78 Å². The van der Waals surface area contributed by atoms with E-state index in [4.69, 9.17) is 0 Å². The average molecular weight is 332 g/mol. The molecular formula is C17H24N4OS. The topological polar surface area (TPSA) is 67.8 Å². The lowest BCUT2D eigenvalue weighted by atomic mass is 9.86. The van der Waals surface area contributed by atoms with E-state index in [-0.39, 0.29) is 23.3 Å². The number of carbonyl (C=O) groups excluding carboxylic acids is 1. The summed E-state index contributed by atoms with van der Waals surface area (Å²) in [7, 11) is 0. The Morgan fingerprint density at radius 1 is 1.35 bits per heavy atom. The average Bonchev–Trinajstić information content (AvgIpc) is 2.96. The normalized spacial score (nSPS) is 13.1. The lowest BCUT2D eigenvalue weighted by molar-refractivity contribution is 0.0929. The van der Waals surface area contributed by atoms with Gasteiger partial charge in [-0.15, -0.1) is 5.10 Å². The van der Waals surface area contributed by atoms with Gasteiger partial charge in [0.15, 0.2) is 0 Å². The summed E-state index contributed by atoms with van der Waals surface area (Å²) >= 11 is 1.15. The number of hydrogen-bond acceptors (Lipinski definition) is 5. The van der Waals surface area contributed by atoms with Gasteiger partial charge in [-0.25, -0.2) is 0 Å². The molecular weight excluding hydrogens is 308 g/mol. The maximum atomic E-state index is 12.7. The first-order chi connectivity index (χ1) is 10.8. The number of pyridine rings is 1. The molecule has 0 radical (unpaired) electrons. The Morgan fingerprint density at radius 2 is 2.09 bits per heavy atom. The van der Waals surface area contributed by atoms with Gasteiger partial charge >= 0.3 is 0 Å². The first-order valence-corrected chi connectivity index (χ1v) is 8.58. The van der Waals surface area contributed by atoms with E-state index in [1.165, 1.54) is 0 Å². The van der Waals surface area contributed by atoms with Crippen LogP contribution in [-0.4, -0.2) is 20.5 Å². The molecule has 5 nitrogen and oxygen atoms in total. The van der Waals surface area contributed by atoms with Crippen LogP contribution in [0.15, 0.2) is 24.5 Å². The highest BCUT2D eigenvalue weighted by Gasteiger charge is 2.25. The third-order valence-corrected chi connectivity index (χ3v) is 4.22. The summed E-state index contributed by atoms with van der Waals surface area (Å²) in [4.78, 5) is 17.5. The summed E-state index contributed by atoms with van der Waals surface area (Å²) < 4.78 is 3.94. The molecule has 23 heavy (non-hydrogen) atoms. The van der Waals surface area contributed by atoms with Gasteiger partial charge in [0.2, 0.25) is 0 Å². The molecule has 0 unspecified atom stereocenters. The molecule has 2 aromatic heterocycles. The van der Waals surface area contributed by atoms with E-state index >= 15 is 0 Å². The van der Waals surface area contributed by atoms with E-state index in [9.17, 15) is 4.79 Å². The van der Waals surface area contributed by atoms with Crippen molar-refractivity contribution in [3.05, 3.63) is 40.7 Å². The minimum atomic E-state index is -0.109. The van der Waals surface area contributed by atoms with Crippen LogP contribution < -0.4 is 5.32 Å². The lowest BCUT2D eigenvalue weighted by Crippen LogP contribution is -2.31. The Bertz CT molecular complexity index is 646. The first-order valence-electron chi connectivity index (χ1n) is 7.81. The fraction of sp³-hybridized carbons (Fsp3) is 0.529. The molecule has 0 aliphatic heterocycles. The summed E-state index contributed by atoms with van der Waals surface area (Å²) in [5, 5.41) is 7.23. The monoisotopic (exact) mass is 332 g/mol. The van der Waals surface area contributed by atoms with Gasteiger partial charge in [-0.05, 0) is 40.9 Å². The Morgan fingerprint density at radius 3 is 2.65 bits per heavy atom. The molecule has 0 fully saturated rings. The number of rotatable bonds is 5. The number of nitrogens with one attached hydrogen (secondary N) is 1. The molecule has 0 aliphatic rings. The summed E-state index contributed by atoms with van der Waals surface area (Å²) in [6.45, 7) is 10.5. The van der Waals surface area contributed by atoms with Gasteiger partial charge in [-0.2, -0.15) is 0 Å². The molecule has 2 aromatic rings. The third kappa shape index (κ3) is 4.82. The second kappa shape index (κ2) is 7.17. The maximum Gasteiger partial charge on any atom is 0.265 e. The molecule has 2 heterocycles. The third-order valence-electron chi connectivity index (χ3n) is 3.48. The molecule has 0 spiro atoms. The summed E-state index contributed by atoms with van der Waals surface area (Å²) in [5.74, 6) is 0.0655. The number of nitrogens with zero attached hydrogens (tertiary/aromatic N) is 3. The number of amides is 1. The van der Waals surface area contributed by atoms with Gasteiger partial charge in [0.1, 0.15) is 4.88 Å². The molecule has 1 amide bonds. The minimum Gasteiger partial charge on any atom is -0.344 e. The van der Waals surface area contributed by atoms with Gasteiger partial charge in [0, 0.05) is 12.4 Å². The Hall–Kier alpha value is -1.82. The van der Waals surface area contributed by atoms with E-state index in [2.05, 4.69) is 40.7 Å². The second-order valence-electron chi connectivity index (χ2n) is 7.22. The molecule has 1 N–H and O–H groups in total. The van der Waals surface area contributed by atoms with Crippen LogP contribution in [0.2, 0.25) is 0 Å². The number of carbonyl (C=O) groups is 1. The van der Waals surface area contributed by atoms with Crippen molar-refractivity contribution in [2.24, 2.45) is 5.41 Å². The molecule has 0 saturated heterocycles. The summed E-state index contributed by atoms with van der Waals surface area (Å²) in [5.41, 5.74) is 1.85. The zero-order valence-electron chi connectivity index (χ0n) is 14.3. The molecule has 0 aliphatic carbocycles. The quantitative estimate of drug-likeness (QED) is 0.900. The molecule has 2 rings (SSSR count). The Kier molecular flexibility index (Phi) is 5.46. The smallest absolute Gasteiger partial charge is 0.265 e. The SMILES string of the molecule is CC(C)c1nnsc1C(=O)N[C@@H](CC(C)(C)C)c1cccnc1. The first kappa shape index (κ1) is 17.5. The van der Waals surface area contributed by atoms with Crippen LogP contribution in [0.1, 0.15) is 73.9 Å². The van der Waals surface area contributed by atoms with Crippen molar-refractivity contribution in [3.63, 3.8) is 0 Å². The Labute approximate surface area is 141 Å². The highest BCUT2D eigenvalue weighted by molar-refractivity contribution is 7.08. The highest BCUT2D eigenvalue weighted by atomic mass is 32.1. The van der Waals surface area contributed by atoms with Crippen LogP contribution in [0, 0.1) is 5.41 Å². The zero-order chi connectivity index (χ0) is 17.0. The van der Waals surface area contributed by atoms with Crippen molar-refractivity contribution in [1.82, 2.24) is 19.9 Å². The molecule has 124 valence electrons. The van der Waals surface area contributed by atoms with Crippen LogP contribution >= 0.6 is 11.5 Å². The van der Waals surface area contributed by atoms with Crippen LogP contribution in [0.4, 0.5) is 0 Å².